The minimum absolute atomic E-state index is 0. The number of aromatic nitrogens is 2. The van der Waals surface area contributed by atoms with Gasteiger partial charge in [-0.3, -0.25) is 0 Å². The monoisotopic (exact) mass is 705 g/mol. The number of likely N-dealkylation sites (N-methyl/N-ethyl adjacent to an activating group) is 1. The minimum Gasteiger partial charge on any atom is -1.00 e. The van der Waals surface area contributed by atoms with E-state index in [0.29, 0.717) is 0 Å². The summed E-state index contributed by atoms with van der Waals surface area (Å²) in [5.41, 5.74) is 8.76. The molecule has 0 aliphatic heterocycles. The van der Waals surface area contributed by atoms with Crippen molar-refractivity contribution in [1.29, 1.82) is 0 Å². The highest BCUT2D eigenvalue weighted by Crippen LogP contribution is 2.23. The van der Waals surface area contributed by atoms with Gasteiger partial charge in [0.15, 0.2) is 0 Å². The Balaban J connectivity index is 0.00000520. The van der Waals surface area contributed by atoms with Crippen LogP contribution >= 0.6 is 0 Å². The average Bonchev–Trinajstić information content (AvgIpc) is 3.52. The lowest BCUT2D eigenvalue weighted by Crippen LogP contribution is -3.00. The van der Waals surface area contributed by atoms with Crippen LogP contribution in [0.25, 0.3) is 0 Å². The van der Waals surface area contributed by atoms with E-state index in [0.717, 1.165) is 64.8 Å². The fourth-order valence-corrected chi connectivity index (χ4v) is 5.08. The van der Waals surface area contributed by atoms with Gasteiger partial charge in [-0.2, -0.15) is 15.3 Å². The zero-order valence-corrected chi connectivity index (χ0v) is 30.2. The smallest absolute Gasteiger partial charge is 0.243 e. The van der Waals surface area contributed by atoms with Crippen molar-refractivity contribution in [1.82, 2.24) is 4.57 Å². The van der Waals surface area contributed by atoms with Gasteiger partial charge in [0.2, 0.25) is 6.33 Å². The summed E-state index contributed by atoms with van der Waals surface area (Å²) in [6.07, 6.45) is 8.01. The van der Waals surface area contributed by atoms with Crippen LogP contribution in [-0.2, 0) is 13.6 Å². The van der Waals surface area contributed by atoms with Gasteiger partial charge in [0.1, 0.15) is 24.7 Å². The number of aryl methyl sites for hydroxylation is 1. The fourth-order valence-electron chi connectivity index (χ4n) is 5.08. The Morgan fingerprint density at radius 2 is 1.21 bits per heavy atom. The molecule has 5 aromatic rings. The molecule has 0 radical (unpaired) electrons. The van der Waals surface area contributed by atoms with Gasteiger partial charge in [0.05, 0.1) is 31.2 Å². The van der Waals surface area contributed by atoms with Crippen LogP contribution in [0.2, 0.25) is 0 Å². The summed E-state index contributed by atoms with van der Waals surface area (Å²) in [6, 6.07) is 32.8. The molecule has 0 aliphatic rings. The summed E-state index contributed by atoms with van der Waals surface area (Å²) < 4.78 is 4.26. The van der Waals surface area contributed by atoms with Crippen LogP contribution in [0.1, 0.15) is 23.6 Å². The van der Waals surface area contributed by atoms with E-state index in [2.05, 4.69) is 131 Å². The zero-order valence-electron chi connectivity index (χ0n) is 28.6. The van der Waals surface area contributed by atoms with E-state index in [1.165, 1.54) is 5.69 Å². The average molecular weight is 707 g/mol. The maximum Gasteiger partial charge on any atom is 0.243 e. The number of anilines is 3. The standard InChI is InChI=1S/C38H44N9.BrH/c1-7-47(27-26-46-25-24-45(6)29-46)37-22-16-34(17-23-37)41-40-33-14-8-30(9-15-33)28-39-42-38(31-10-18-35(19-11-31)43(2)3)32-12-20-36(21-13-32)44(4)5;/h8-25,28-29H,7,26-27H2,1-6H3;1H/q+1;/p-1/b39-28+,41-40?;. The van der Waals surface area contributed by atoms with Gasteiger partial charge < -0.3 is 31.7 Å². The summed E-state index contributed by atoms with van der Waals surface area (Å²) in [7, 11) is 10.2. The summed E-state index contributed by atoms with van der Waals surface area (Å²) in [6.45, 7) is 4.98. The number of rotatable bonds is 13. The van der Waals surface area contributed by atoms with Crippen molar-refractivity contribution >= 4 is 40.4 Å². The second kappa shape index (κ2) is 17.2. The molecule has 9 nitrogen and oxygen atoms in total. The van der Waals surface area contributed by atoms with Crippen molar-refractivity contribution < 1.29 is 21.5 Å². The molecule has 0 spiro atoms. The van der Waals surface area contributed by atoms with Gasteiger partial charge in [-0.1, -0.05) is 36.4 Å². The van der Waals surface area contributed by atoms with Crippen LogP contribution in [0, 0.1) is 0 Å². The van der Waals surface area contributed by atoms with E-state index in [9.17, 15) is 0 Å². The maximum atomic E-state index is 4.67. The molecule has 0 N–H and O–H groups in total. The number of imidazole rings is 1. The van der Waals surface area contributed by atoms with Gasteiger partial charge in [-0.15, -0.1) is 5.10 Å². The molecule has 0 aliphatic carbocycles. The second-order valence-corrected chi connectivity index (χ2v) is 11.8. The summed E-state index contributed by atoms with van der Waals surface area (Å²) in [5, 5.41) is 18.0. The van der Waals surface area contributed by atoms with Crippen LogP contribution in [-0.4, -0.2) is 57.8 Å². The van der Waals surface area contributed by atoms with E-state index >= 15 is 0 Å². The van der Waals surface area contributed by atoms with Crippen LogP contribution in [0.5, 0.6) is 0 Å². The van der Waals surface area contributed by atoms with Crippen molar-refractivity contribution in [2.75, 3.05) is 56.0 Å². The molecular weight excluding hydrogens is 662 g/mol. The normalized spacial score (nSPS) is 11.0. The molecule has 0 unspecified atom stereocenters. The van der Waals surface area contributed by atoms with Crippen LogP contribution < -0.4 is 36.2 Å². The van der Waals surface area contributed by atoms with Crippen molar-refractivity contribution in [3.63, 3.8) is 0 Å². The predicted octanol–water partition coefficient (Wildman–Crippen LogP) is 4.26. The zero-order chi connectivity index (χ0) is 33.2. The Kier molecular flexibility index (Phi) is 12.8. The van der Waals surface area contributed by atoms with Crippen molar-refractivity contribution in [3.8, 4) is 0 Å². The van der Waals surface area contributed by atoms with E-state index < -0.39 is 0 Å². The molecule has 0 saturated heterocycles. The van der Waals surface area contributed by atoms with Crippen LogP contribution in [0.15, 0.2) is 136 Å². The predicted molar refractivity (Wildman–Crippen MR) is 195 cm³/mol. The summed E-state index contributed by atoms with van der Waals surface area (Å²) in [4.78, 5) is 6.52. The molecule has 4 aromatic carbocycles. The fraction of sp³-hybridized carbons (Fsp3) is 0.237. The van der Waals surface area contributed by atoms with Crippen molar-refractivity contribution in [2.24, 2.45) is 27.5 Å². The molecule has 1 aromatic heterocycles. The van der Waals surface area contributed by atoms with Crippen molar-refractivity contribution in [3.05, 3.63) is 132 Å². The molecule has 0 saturated carbocycles. The molecule has 10 heteroatoms. The maximum absolute atomic E-state index is 4.67. The van der Waals surface area contributed by atoms with Gasteiger partial charge in [-0.05, 0) is 73.2 Å². The Hall–Kier alpha value is -5.09. The van der Waals surface area contributed by atoms with Gasteiger partial charge in [-0.25, -0.2) is 9.13 Å². The molecule has 0 bridgehead atoms. The molecule has 48 heavy (non-hydrogen) atoms. The Bertz CT molecular complexity index is 1750. The number of hydrogen-bond donors (Lipinski definition) is 0. The third kappa shape index (κ3) is 9.71. The van der Waals surface area contributed by atoms with Crippen LogP contribution in [0.3, 0.4) is 0 Å². The summed E-state index contributed by atoms with van der Waals surface area (Å²) >= 11 is 0. The lowest BCUT2D eigenvalue weighted by molar-refractivity contribution is -0.671. The lowest BCUT2D eigenvalue weighted by atomic mass is 10.0. The second-order valence-electron chi connectivity index (χ2n) is 11.8. The highest BCUT2D eigenvalue weighted by Gasteiger charge is 2.10. The number of benzene rings is 4. The Morgan fingerprint density at radius 1 is 0.708 bits per heavy atom. The van der Waals surface area contributed by atoms with E-state index in [1.807, 2.05) is 71.6 Å². The Morgan fingerprint density at radius 3 is 1.67 bits per heavy atom. The molecule has 0 fully saturated rings. The molecule has 1 heterocycles. The first kappa shape index (κ1) is 35.8. The van der Waals surface area contributed by atoms with E-state index in [4.69, 9.17) is 0 Å². The van der Waals surface area contributed by atoms with Crippen LogP contribution in [0.4, 0.5) is 28.4 Å². The molecular formula is C38H44BrN9. The van der Waals surface area contributed by atoms with Gasteiger partial charge >= 0.3 is 0 Å². The third-order valence-electron chi connectivity index (χ3n) is 7.90. The number of hydrogen-bond acceptors (Lipinski definition) is 7. The first-order valence-corrected chi connectivity index (χ1v) is 15.8. The van der Waals surface area contributed by atoms with Crippen molar-refractivity contribution in [2.45, 2.75) is 13.5 Å². The lowest BCUT2D eigenvalue weighted by Gasteiger charge is -2.22. The topological polar surface area (TPSA) is 68.0 Å². The van der Waals surface area contributed by atoms with Gasteiger partial charge in [0.25, 0.3) is 0 Å². The summed E-state index contributed by atoms with van der Waals surface area (Å²) in [5.74, 6) is 0. The number of nitrogens with zero attached hydrogens (tertiary/aromatic N) is 9. The highest BCUT2D eigenvalue weighted by atomic mass is 79.9. The first-order valence-electron chi connectivity index (χ1n) is 15.8. The quantitative estimate of drug-likeness (QED) is 0.0796. The third-order valence-corrected chi connectivity index (χ3v) is 7.90. The van der Waals surface area contributed by atoms with E-state index in [-0.39, 0.29) is 17.0 Å². The SMILES string of the molecule is CCN(CCn1cc[n+](C)c1)c1ccc(N=Nc2ccc(/C=N/N=C(c3ccc(N(C)C)cc3)c3ccc(N(C)C)cc3)cc2)cc1.[Br-]. The largest absolute Gasteiger partial charge is 1.00 e. The van der Waals surface area contributed by atoms with Gasteiger partial charge in [0, 0.05) is 62.9 Å². The number of halogens is 1. The molecule has 5 rings (SSSR count). The molecule has 248 valence electrons. The highest BCUT2D eigenvalue weighted by molar-refractivity contribution is 6.13. The Labute approximate surface area is 295 Å². The minimum atomic E-state index is 0. The number of azo groups is 1. The molecule has 0 atom stereocenters. The van der Waals surface area contributed by atoms with E-state index in [1.54, 1.807) is 6.21 Å². The molecule has 0 amide bonds. The first-order chi connectivity index (χ1) is 22.8.